The van der Waals surface area contributed by atoms with Crippen LogP contribution >= 0.6 is 27.5 Å². The number of non-ortho nitro benzene ring substituents is 1. The molecule has 0 aliphatic carbocycles. The van der Waals surface area contributed by atoms with E-state index in [1.807, 2.05) is 6.07 Å². The zero-order chi connectivity index (χ0) is 11.7. The lowest BCUT2D eigenvalue weighted by Crippen LogP contribution is -1.93. The Hall–Kier alpha value is -1.20. The smallest absolute Gasteiger partial charge is 0.258 e. The van der Waals surface area contributed by atoms with Gasteiger partial charge < -0.3 is 0 Å². The van der Waals surface area contributed by atoms with E-state index in [9.17, 15) is 10.1 Å². The summed E-state index contributed by atoms with van der Waals surface area (Å²) in [6.07, 6.45) is 1.41. The molecule has 0 aliphatic heterocycles. The van der Waals surface area contributed by atoms with Gasteiger partial charge in [0, 0.05) is 23.0 Å². The molecule has 6 heteroatoms. The molecule has 0 aliphatic rings. The maximum Gasteiger partial charge on any atom is 0.295 e. The molecule has 0 fully saturated rings. The molecule has 0 amide bonds. The summed E-state index contributed by atoms with van der Waals surface area (Å²) in [6.45, 7) is 0. The fraction of sp³-hybridized carbons (Fsp3) is 0.100. The second-order valence-corrected chi connectivity index (χ2v) is 4.23. The Bertz CT molecular complexity index is 574. The van der Waals surface area contributed by atoms with Crippen LogP contribution in [0.3, 0.4) is 0 Å². The van der Waals surface area contributed by atoms with Crippen molar-refractivity contribution in [2.45, 2.75) is 5.33 Å². The number of alkyl halides is 1. The van der Waals surface area contributed by atoms with Gasteiger partial charge in [-0.3, -0.25) is 10.1 Å². The summed E-state index contributed by atoms with van der Waals surface area (Å²) in [5.41, 5.74) is 1.19. The van der Waals surface area contributed by atoms with Gasteiger partial charge in [0.2, 0.25) is 0 Å². The van der Waals surface area contributed by atoms with E-state index in [0.29, 0.717) is 21.3 Å². The molecule has 0 N–H and O–H groups in total. The second kappa shape index (κ2) is 4.35. The van der Waals surface area contributed by atoms with Crippen molar-refractivity contribution >= 4 is 44.1 Å². The largest absolute Gasteiger partial charge is 0.295 e. The van der Waals surface area contributed by atoms with Crippen molar-refractivity contribution in [3.05, 3.63) is 45.1 Å². The van der Waals surface area contributed by atoms with E-state index in [1.165, 1.54) is 12.3 Å². The standard InChI is InChI=1S/C10H6BrClN2O2/c11-4-6-1-7-3-8(12)5-13-10(7)9(2-6)14(15)16/h1-3,5H,4H2. The van der Waals surface area contributed by atoms with Crippen LogP contribution in [0.15, 0.2) is 24.4 Å². The highest BCUT2D eigenvalue weighted by atomic mass is 79.9. The third-order valence-electron chi connectivity index (χ3n) is 2.14. The molecular formula is C10H6BrClN2O2. The lowest BCUT2D eigenvalue weighted by Gasteiger charge is -2.02. The average molecular weight is 302 g/mol. The monoisotopic (exact) mass is 300 g/mol. The number of pyridine rings is 1. The molecule has 2 aromatic rings. The Kier molecular flexibility index (Phi) is 3.07. The molecule has 2 rings (SSSR count). The Morgan fingerprint density at radius 2 is 2.19 bits per heavy atom. The molecule has 4 nitrogen and oxygen atoms in total. The van der Waals surface area contributed by atoms with Crippen molar-refractivity contribution in [2.75, 3.05) is 0 Å². The molecular weight excluding hydrogens is 295 g/mol. The van der Waals surface area contributed by atoms with Crippen LogP contribution in [0.4, 0.5) is 5.69 Å². The molecule has 0 bridgehead atoms. The molecule has 0 radical (unpaired) electrons. The van der Waals surface area contributed by atoms with Crippen LogP contribution in [-0.2, 0) is 5.33 Å². The van der Waals surface area contributed by atoms with Crippen LogP contribution in [-0.4, -0.2) is 9.91 Å². The second-order valence-electron chi connectivity index (χ2n) is 3.23. The zero-order valence-corrected chi connectivity index (χ0v) is 10.3. The molecule has 1 aromatic carbocycles. The summed E-state index contributed by atoms with van der Waals surface area (Å²) in [5, 5.41) is 12.6. The topological polar surface area (TPSA) is 56.0 Å². The minimum atomic E-state index is -0.435. The van der Waals surface area contributed by atoms with Crippen LogP contribution in [0.5, 0.6) is 0 Å². The van der Waals surface area contributed by atoms with Gasteiger partial charge in [-0.05, 0) is 17.7 Å². The Labute approximate surface area is 105 Å². The summed E-state index contributed by atoms with van der Waals surface area (Å²) in [7, 11) is 0. The summed E-state index contributed by atoms with van der Waals surface area (Å²) >= 11 is 9.07. The Morgan fingerprint density at radius 3 is 2.81 bits per heavy atom. The van der Waals surface area contributed by atoms with Crippen LogP contribution < -0.4 is 0 Å². The molecule has 0 saturated heterocycles. The molecule has 1 aromatic heterocycles. The lowest BCUT2D eigenvalue weighted by atomic mass is 10.1. The highest BCUT2D eigenvalue weighted by Gasteiger charge is 2.14. The fourth-order valence-corrected chi connectivity index (χ4v) is 1.97. The van der Waals surface area contributed by atoms with E-state index in [0.717, 1.165) is 5.56 Å². The van der Waals surface area contributed by atoms with Gasteiger partial charge in [-0.1, -0.05) is 27.5 Å². The van der Waals surface area contributed by atoms with Gasteiger partial charge in [0.1, 0.15) is 5.52 Å². The summed E-state index contributed by atoms with van der Waals surface area (Å²) in [4.78, 5) is 14.4. The highest BCUT2D eigenvalue weighted by molar-refractivity contribution is 9.08. The molecule has 0 saturated carbocycles. The van der Waals surface area contributed by atoms with Gasteiger partial charge in [0.25, 0.3) is 5.69 Å². The third kappa shape index (κ3) is 2.01. The normalized spacial score (nSPS) is 10.6. The molecule has 82 valence electrons. The van der Waals surface area contributed by atoms with E-state index in [-0.39, 0.29) is 5.69 Å². The summed E-state index contributed by atoms with van der Waals surface area (Å²) < 4.78 is 0. The first-order valence-corrected chi connectivity index (χ1v) is 5.90. The highest BCUT2D eigenvalue weighted by Crippen LogP contribution is 2.28. The maximum atomic E-state index is 10.9. The number of hydrogen-bond donors (Lipinski definition) is 0. The van der Waals surface area contributed by atoms with Crippen molar-refractivity contribution < 1.29 is 4.92 Å². The van der Waals surface area contributed by atoms with Gasteiger partial charge >= 0.3 is 0 Å². The first-order chi connectivity index (χ1) is 7.61. The van der Waals surface area contributed by atoms with Gasteiger partial charge in [-0.25, -0.2) is 4.98 Å². The number of fused-ring (bicyclic) bond motifs is 1. The van der Waals surface area contributed by atoms with Crippen molar-refractivity contribution in [1.29, 1.82) is 0 Å². The van der Waals surface area contributed by atoms with Gasteiger partial charge in [0.15, 0.2) is 0 Å². The van der Waals surface area contributed by atoms with Crippen LogP contribution in [0.1, 0.15) is 5.56 Å². The number of hydrogen-bond acceptors (Lipinski definition) is 3. The number of aromatic nitrogens is 1. The molecule has 1 heterocycles. The minimum Gasteiger partial charge on any atom is -0.258 e. The van der Waals surface area contributed by atoms with Gasteiger partial charge in [-0.2, -0.15) is 0 Å². The molecule has 0 spiro atoms. The van der Waals surface area contributed by atoms with E-state index in [4.69, 9.17) is 11.6 Å². The van der Waals surface area contributed by atoms with Crippen LogP contribution in [0, 0.1) is 10.1 Å². The maximum absolute atomic E-state index is 10.9. The first kappa shape index (κ1) is 11.3. The summed E-state index contributed by atoms with van der Waals surface area (Å²) in [5.74, 6) is 0. The minimum absolute atomic E-state index is 0.00335. The van der Waals surface area contributed by atoms with Crippen molar-refractivity contribution in [3.8, 4) is 0 Å². The number of halogens is 2. The van der Waals surface area contributed by atoms with Crippen molar-refractivity contribution in [3.63, 3.8) is 0 Å². The number of nitro groups is 1. The fourth-order valence-electron chi connectivity index (χ4n) is 1.48. The van der Waals surface area contributed by atoms with Gasteiger partial charge in [-0.15, -0.1) is 0 Å². The zero-order valence-electron chi connectivity index (χ0n) is 7.98. The SMILES string of the molecule is O=[N+]([O-])c1cc(CBr)cc2cc(Cl)cnc12. The quantitative estimate of drug-likeness (QED) is 0.483. The molecule has 0 unspecified atom stereocenters. The number of nitrogens with zero attached hydrogens (tertiary/aromatic N) is 2. The summed E-state index contributed by atoms with van der Waals surface area (Å²) in [6, 6.07) is 5.01. The predicted octanol–water partition coefficient (Wildman–Crippen LogP) is 3.69. The average Bonchev–Trinajstić information content (AvgIpc) is 2.26. The molecule has 0 atom stereocenters. The van der Waals surface area contributed by atoms with Crippen LogP contribution in [0.2, 0.25) is 5.02 Å². The Morgan fingerprint density at radius 1 is 1.44 bits per heavy atom. The lowest BCUT2D eigenvalue weighted by molar-refractivity contribution is -0.383. The molecule has 16 heavy (non-hydrogen) atoms. The number of benzene rings is 1. The Balaban J connectivity index is 2.81. The third-order valence-corrected chi connectivity index (χ3v) is 2.99. The van der Waals surface area contributed by atoms with Crippen molar-refractivity contribution in [2.24, 2.45) is 0 Å². The van der Waals surface area contributed by atoms with E-state index in [2.05, 4.69) is 20.9 Å². The number of nitro benzene ring substituents is 1. The van der Waals surface area contributed by atoms with E-state index >= 15 is 0 Å². The van der Waals surface area contributed by atoms with Gasteiger partial charge in [0.05, 0.1) is 9.95 Å². The van der Waals surface area contributed by atoms with Crippen molar-refractivity contribution in [1.82, 2.24) is 4.98 Å². The predicted molar refractivity (Wildman–Crippen MR) is 66.0 cm³/mol. The van der Waals surface area contributed by atoms with E-state index in [1.54, 1.807) is 6.07 Å². The first-order valence-electron chi connectivity index (χ1n) is 4.40. The van der Waals surface area contributed by atoms with Crippen LogP contribution in [0.25, 0.3) is 10.9 Å². The van der Waals surface area contributed by atoms with E-state index < -0.39 is 4.92 Å². The number of rotatable bonds is 2.